The Labute approximate surface area is 133 Å². The van der Waals surface area contributed by atoms with Gasteiger partial charge in [0.25, 0.3) is 0 Å². The first-order valence-corrected chi connectivity index (χ1v) is 7.40. The number of rotatable bonds is 3. The fourth-order valence-corrected chi connectivity index (χ4v) is 2.86. The highest BCUT2D eigenvalue weighted by molar-refractivity contribution is 5.50. The van der Waals surface area contributed by atoms with Gasteiger partial charge in [-0.1, -0.05) is 0 Å². The van der Waals surface area contributed by atoms with Crippen LogP contribution in [0.5, 0.6) is 0 Å². The average molecular weight is 314 g/mol. The summed E-state index contributed by atoms with van der Waals surface area (Å²) in [6, 6.07) is 1.96. The molecule has 9 nitrogen and oxygen atoms in total. The molecule has 0 spiro atoms. The van der Waals surface area contributed by atoms with Crippen LogP contribution in [0.1, 0.15) is 36.0 Å². The Bertz CT molecular complexity index is 750. The second kappa shape index (κ2) is 6.18. The second-order valence-electron chi connectivity index (χ2n) is 5.56. The Balaban J connectivity index is 1.82. The number of piperidine rings is 1. The van der Waals surface area contributed by atoms with Gasteiger partial charge in [0.2, 0.25) is 5.95 Å². The molecule has 120 valence electrons. The van der Waals surface area contributed by atoms with Gasteiger partial charge in [0.1, 0.15) is 29.9 Å². The minimum Gasteiger partial charge on any atom is -0.388 e. The van der Waals surface area contributed by atoms with Crippen molar-refractivity contribution >= 4 is 11.8 Å². The largest absolute Gasteiger partial charge is 0.388 e. The summed E-state index contributed by atoms with van der Waals surface area (Å²) < 4.78 is 1.84. The summed E-state index contributed by atoms with van der Waals surface area (Å²) in [5.41, 5.74) is 6.06. The zero-order chi connectivity index (χ0) is 16.4. The summed E-state index contributed by atoms with van der Waals surface area (Å²) in [6.45, 7) is 1.39. The monoisotopic (exact) mass is 314 g/mol. The third kappa shape index (κ3) is 2.80. The van der Waals surface area contributed by atoms with Crippen molar-refractivity contribution in [3.05, 3.63) is 23.4 Å². The molecule has 0 aliphatic carbocycles. The number of hydrogen-bond donors (Lipinski definition) is 2. The van der Waals surface area contributed by atoms with Gasteiger partial charge in [0.05, 0.1) is 6.20 Å². The summed E-state index contributed by atoms with van der Waals surface area (Å²) in [7, 11) is 1.86. The number of nitriles is 1. The van der Waals surface area contributed by atoms with Crippen molar-refractivity contribution in [3.63, 3.8) is 0 Å². The Morgan fingerprint density at radius 1 is 1.48 bits per heavy atom. The van der Waals surface area contributed by atoms with E-state index in [0.717, 1.165) is 25.2 Å². The van der Waals surface area contributed by atoms with Gasteiger partial charge in [-0.2, -0.15) is 10.2 Å². The topological polar surface area (TPSA) is 130 Å². The number of hydrogen-bond acceptors (Lipinski definition) is 8. The van der Waals surface area contributed by atoms with Crippen LogP contribution in [0.15, 0.2) is 6.20 Å². The highest BCUT2D eigenvalue weighted by atomic mass is 16.3. The third-order valence-electron chi connectivity index (χ3n) is 4.14. The van der Waals surface area contributed by atoms with Gasteiger partial charge < -0.3 is 20.3 Å². The van der Waals surface area contributed by atoms with Gasteiger partial charge in [0.15, 0.2) is 5.82 Å². The van der Waals surface area contributed by atoms with Crippen LogP contribution in [0.4, 0.5) is 11.8 Å². The molecule has 3 N–H and O–H groups in total. The normalized spacial score (nSPS) is 18.0. The predicted molar refractivity (Wildman–Crippen MR) is 82.3 cm³/mol. The van der Waals surface area contributed by atoms with E-state index >= 15 is 0 Å². The number of nitrogens with zero attached hydrogens (tertiary/aromatic N) is 7. The lowest BCUT2D eigenvalue weighted by atomic mass is 9.97. The molecule has 0 radical (unpaired) electrons. The van der Waals surface area contributed by atoms with Gasteiger partial charge in [-0.25, -0.2) is 4.98 Å². The van der Waals surface area contributed by atoms with E-state index in [2.05, 4.69) is 20.2 Å². The molecule has 3 rings (SSSR count). The maximum atomic E-state index is 9.25. The lowest BCUT2D eigenvalue weighted by molar-refractivity contribution is 0.266. The van der Waals surface area contributed by atoms with Crippen LogP contribution in [0, 0.1) is 11.3 Å². The molecule has 2 aromatic rings. The van der Waals surface area contributed by atoms with Crippen molar-refractivity contribution in [1.82, 2.24) is 24.7 Å². The van der Waals surface area contributed by atoms with Gasteiger partial charge >= 0.3 is 0 Å². The lowest BCUT2D eigenvalue weighted by Gasteiger charge is -2.32. The highest BCUT2D eigenvalue weighted by Gasteiger charge is 2.27. The van der Waals surface area contributed by atoms with Crippen LogP contribution in [0.25, 0.3) is 0 Å². The van der Waals surface area contributed by atoms with E-state index in [9.17, 15) is 5.11 Å². The van der Waals surface area contributed by atoms with E-state index in [0.29, 0.717) is 18.3 Å². The summed E-state index contributed by atoms with van der Waals surface area (Å²) in [6.07, 6.45) is 3.41. The van der Waals surface area contributed by atoms with E-state index in [-0.39, 0.29) is 23.9 Å². The van der Waals surface area contributed by atoms with Crippen LogP contribution in [-0.4, -0.2) is 42.9 Å². The molecule has 1 atom stereocenters. The molecule has 3 heterocycles. The standard InChI is InChI=1S/C14H18N8O/c1-21-11(8-23)19-20-13(21)9-3-2-4-22(7-9)14-17-6-10(5-15)12(16)18-14/h6,9,23H,2-4,7-8H2,1H3,(H2,16,17,18)/t9-/m0/s1. The number of aliphatic hydroxyl groups excluding tert-OH is 1. The first kappa shape index (κ1) is 15.2. The van der Waals surface area contributed by atoms with E-state index in [1.165, 1.54) is 6.20 Å². The first-order chi connectivity index (χ1) is 11.1. The van der Waals surface area contributed by atoms with Crippen LogP contribution in [-0.2, 0) is 13.7 Å². The fourth-order valence-electron chi connectivity index (χ4n) is 2.86. The molecule has 2 aromatic heterocycles. The minimum absolute atomic E-state index is 0.130. The zero-order valence-corrected chi connectivity index (χ0v) is 12.8. The average Bonchev–Trinajstić information content (AvgIpc) is 2.95. The Morgan fingerprint density at radius 2 is 2.30 bits per heavy atom. The zero-order valence-electron chi connectivity index (χ0n) is 12.8. The minimum atomic E-state index is -0.130. The maximum absolute atomic E-state index is 9.25. The van der Waals surface area contributed by atoms with Crippen molar-refractivity contribution in [2.45, 2.75) is 25.4 Å². The molecule has 0 aromatic carbocycles. The Morgan fingerprint density at radius 3 is 2.96 bits per heavy atom. The lowest BCUT2D eigenvalue weighted by Crippen LogP contribution is -2.36. The molecule has 0 bridgehead atoms. The molecular weight excluding hydrogens is 296 g/mol. The SMILES string of the molecule is Cn1c(CO)nnc1[C@H]1CCCN(c2ncc(C#N)c(N)n2)C1. The predicted octanol–water partition coefficient (Wildman–Crippen LogP) is -0.0647. The molecular formula is C14H18N8O. The summed E-state index contributed by atoms with van der Waals surface area (Å²) >= 11 is 0. The Hall–Kier alpha value is -2.73. The molecule has 0 amide bonds. The van der Waals surface area contributed by atoms with E-state index in [4.69, 9.17) is 11.0 Å². The molecule has 23 heavy (non-hydrogen) atoms. The molecule has 1 aliphatic rings. The van der Waals surface area contributed by atoms with Gasteiger partial charge in [0, 0.05) is 26.1 Å². The fraction of sp³-hybridized carbons (Fsp3) is 0.500. The summed E-state index contributed by atoms with van der Waals surface area (Å²) in [4.78, 5) is 10.5. The second-order valence-corrected chi connectivity index (χ2v) is 5.56. The van der Waals surface area contributed by atoms with Crippen molar-refractivity contribution in [3.8, 4) is 6.07 Å². The van der Waals surface area contributed by atoms with Crippen LogP contribution >= 0.6 is 0 Å². The van der Waals surface area contributed by atoms with Gasteiger partial charge in [-0.3, -0.25) is 0 Å². The van der Waals surface area contributed by atoms with Crippen molar-refractivity contribution in [1.29, 1.82) is 5.26 Å². The molecule has 9 heteroatoms. The van der Waals surface area contributed by atoms with E-state index in [1.54, 1.807) is 0 Å². The smallest absolute Gasteiger partial charge is 0.227 e. The van der Waals surface area contributed by atoms with Crippen LogP contribution in [0.3, 0.4) is 0 Å². The molecule has 1 aliphatic heterocycles. The third-order valence-corrected chi connectivity index (χ3v) is 4.14. The number of nitrogens with two attached hydrogens (primary N) is 1. The van der Waals surface area contributed by atoms with Crippen LogP contribution in [0.2, 0.25) is 0 Å². The molecule has 0 saturated carbocycles. The van der Waals surface area contributed by atoms with Crippen molar-refractivity contribution < 1.29 is 5.11 Å². The van der Waals surface area contributed by atoms with E-state index < -0.39 is 0 Å². The number of aliphatic hydroxyl groups is 1. The first-order valence-electron chi connectivity index (χ1n) is 7.40. The van der Waals surface area contributed by atoms with Gasteiger partial charge in [-0.05, 0) is 12.8 Å². The quantitative estimate of drug-likeness (QED) is 0.805. The molecule has 1 fully saturated rings. The number of nitrogen functional groups attached to an aromatic ring is 1. The molecule has 0 unspecified atom stereocenters. The summed E-state index contributed by atoms with van der Waals surface area (Å²) in [5.74, 6) is 2.30. The van der Waals surface area contributed by atoms with Gasteiger partial charge in [-0.15, -0.1) is 10.2 Å². The maximum Gasteiger partial charge on any atom is 0.227 e. The number of anilines is 2. The van der Waals surface area contributed by atoms with Crippen molar-refractivity contribution in [2.75, 3.05) is 23.7 Å². The molecule has 1 saturated heterocycles. The Kier molecular flexibility index (Phi) is 4.08. The number of aromatic nitrogens is 5. The summed E-state index contributed by atoms with van der Waals surface area (Å²) in [5, 5.41) is 26.4. The van der Waals surface area contributed by atoms with E-state index in [1.807, 2.05) is 22.6 Å². The van der Waals surface area contributed by atoms with Crippen LogP contribution < -0.4 is 10.6 Å². The van der Waals surface area contributed by atoms with Crippen molar-refractivity contribution in [2.24, 2.45) is 7.05 Å². The highest BCUT2D eigenvalue weighted by Crippen LogP contribution is 2.28.